The van der Waals surface area contributed by atoms with Crippen LogP contribution in [0.4, 0.5) is 0 Å². The van der Waals surface area contributed by atoms with E-state index in [0.717, 1.165) is 11.1 Å². The van der Waals surface area contributed by atoms with Crippen molar-refractivity contribution in [2.24, 2.45) is 0 Å². The zero-order valence-electron chi connectivity index (χ0n) is 15.3. The van der Waals surface area contributed by atoms with Crippen molar-refractivity contribution in [3.8, 4) is 0 Å². The topological polar surface area (TPSA) is 59.8 Å². The Bertz CT molecular complexity index is 1140. The molecular formula is C21H17Cl2NO4. The fourth-order valence-corrected chi connectivity index (χ4v) is 3.84. The number of aryl methyl sites for hydroxylation is 1. The first-order chi connectivity index (χ1) is 13.4. The van der Waals surface area contributed by atoms with E-state index in [1.54, 1.807) is 48.4 Å². The van der Waals surface area contributed by atoms with Crippen LogP contribution in [0.25, 0.3) is 11.0 Å². The summed E-state index contributed by atoms with van der Waals surface area (Å²) in [6.45, 7) is 2.48. The zero-order valence-corrected chi connectivity index (χ0v) is 16.8. The standard InChI is InChI=1S/C21H17Cl2NO4/c1-11-9-16-14(10-15(11)23)19(25)17-18(12-3-5-13(22)6-4-12)24(7-8-27-2)21(26)20(17)28-16/h3-6,9-10,18H,7-8H2,1-2H3. The van der Waals surface area contributed by atoms with Gasteiger partial charge in [0, 0.05) is 23.7 Å². The number of amides is 1. The second-order valence-corrected chi connectivity index (χ2v) is 7.56. The Morgan fingerprint density at radius 3 is 2.54 bits per heavy atom. The largest absolute Gasteiger partial charge is 0.450 e. The zero-order chi connectivity index (χ0) is 20.0. The van der Waals surface area contributed by atoms with E-state index < -0.39 is 6.04 Å². The highest BCUT2D eigenvalue weighted by molar-refractivity contribution is 6.32. The van der Waals surface area contributed by atoms with E-state index in [1.807, 2.05) is 6.92 Å². The molecule has 0 radical (unpaired) electrons. The minimum Gasteiger partial charge on any atom is -0.450 e. The molecule has 4 rings (SSSR count). The van der Waals surface area contributed by atoms with Crippen molar-refractivity contribution in [3.05, 3.63) is 79.1 Å². The van der Waals surface area contributed by atoms with Crippen LogP contribution < -0.4 is 5.43 Å². The monoisotopic (exact) mass is 417 g/mol. The van der Waals surface area contributed by atoms with Gasteiger partial charge in [0.25, 0.3) is 5.91 Å². The van der Waals surface area contributed by atoms with Crippen LogP contribution in [0.5, 0.6) is 0 Å². The molecule has 0 N–H and O–H groups in total. The third-order valence-corrected chi connectivity index (χ3v) is 5.63. The molecule has 0 spiro atoms. The second-order valence-electron chi connectivity index (χ2n) is 6.72. The lowest BCUT2D eigenvalue weighted by Gasteiger charge is -2.24. The quantitative estimate of drug-likeness (QED) is 0.622. The Balaban J connectivity index is 1.98. The van der Waals surface area contributed by atoms with Crippen LogP contribution in [-0.2, 0) is 4.74 Å². The van der Waals surface area contributed by atoms with E-state index in [-0.39, 0.29) is 17.1 Å². The molecule has 1 amide bonds. The number of hydrogen-bond donors (Lipinski definition) is 0. The van der Waals surface area contributed by atoms with Gasteiger partial charge in [0.2, 0.25) is 5.76 Å². The highest BCUT2D eigenvalue weighted by Gasteiger charge is 2.42. The van der Waals surface area contributed by atoms with Crippen LogP contribution in [0, 0.1) is 6.92 Å². The number of fused-ring (bicyclic) bond motifs is 2. The maximum Gasteiger partial charge on any atom is 0.290 e. The molecule has 7 heteroatoms. The first-order valence-electron chi connectivity index (χ1n) is 8.74. The van der Waals surface area contributed by atoms with Gasteiger partial charge in [-0.3, -0.25) is 9.59 Å². The summed E-state index contributed by atoms with van der Waals surface area (Å²) in [6, 6.07) is 9.78. The molecule has 2 heterocycles. The number of rotatable bonds is 4. The second kappa shape index (κ2) is 7.24. The molecule has 1 aromatic heterocycles. The van der Waals surface area contributed by atoms with Gasteiger partial charge in [0.05, 0.1) is 23.6 Å². The highest BCUT2D eigenvalue weighted by atomic mass is 35.5. The van der Waals surface area contributed by atoms with Gasteiger partial charge in [-0.2, -0.15) is 0 Å². The van der Waals surface area contributed by atoms with Gasteiger partial charge >= 0.3 is 0 Å². The van der Waals surface area contributed by atoms with Crippen LogP contribution >= 0.6 is 23.2 Å². The lowest BCUT2D eigenvalue weighted by atomic mass is 9.98. The smallest absolute Gasteiger partial charge is 0.290 e. The van der Waals surface area contributed by atoms with Crippen molar-refractivity contribution in [3.63, 3.8) is 0 Å². The van der Waals surface area contributed by atoms with Gasteiger partial charge in [-0.1, -0.05) is 35.3 Å². The summed E-state index contributed by atoms with van der Waals surface area (Å²) in [5.41, 5.74) is 1.95. The number of hydrogen-bond acceptors (Lipinski definition) is 4. The molecule has 0 saturated heterocycles. The Kier molecular flexibility index (Phi) is 4.91. The fraction of sp³-hybridized carbons (Fsp3) is 0.238. The number of ether oxygens (including phenoxy) is 1. The number of benzene rings is 2. The molecule has 1 unspecified atom stereocenters. The number of methoxy groups -OCH3 is 1. The van der Waals surface area contributed by atoms with E-state index in [4.69, 9.17) is 32.4 Å². The van der Waals surface area contributed by atoms with Crippen molar-refractivity contribution < 1.29 is 13.9 Å². The molecule has 3 aromatic rings. The molecule has 2 aromatic carbocycles. The number of carbonyl (C=O) groups excluding carboxylic acids is 1. The predicted molar refractivity (Wildman–Crippen MR) is 108 cm³/mol. The minimum absolute atomic E-state index is 0.0651. The van der Waals surface area contributed by atoms with Gasteiger partial charge in [0.15, 0.2) is 5.43 Å². The number of carbonyl (C=O) groups is 1. The minimum atomic E-state index is -0.573. The fourth-order valence-electron chi connectivity index (χ4n) is 3.55. The normalized spacial score (nSPS) is 16.1. The first kappa shape index (κ1) is 19.0. The number of halogens is 2. The third-order valence-electron chi connectivity index (χ3n) is 4.97. The lowest BCUT2D eigenvalue weighted by Crippen LogP contribution is -2.32. The molecule has 28 heavy (non-hydrogen) atoms. The van der Waals surface area contributed by atoms with Gasteiger partial charge in [-0.25, -0.2) is 0 Å². The van der Waals surface area contributed by atoms with E-state index in [1.165, 1.54) is 0 Å². The van der Waals surface area contributed by atoms with Crippen molar-refractivity contribution in [2.45, 2.75) is 13.0 Å². The van der Waals surface area contributed by atoms with E-state index in [9.17, 15) is 9.59 Å². The molecule has 0 aliphatic carbocycles. The maximum atomic E-state index is 13.3. The van der Waals surface area contributed by atoms with Gasteiger partial charge in [-0.15, -0.1) is 0 Å². The van der Waals surface area contributed by atoms with Crippen LogP contribution in [0.15, 0.2) is 45.6 Å². The van der Waals surface area contributed by atoms with Crippen molar-refractivity contribution in [1.82, 2.24) is 4.90 Å². The van der Waals surface area contributed by atoms with Crippen molar-refractivity contribution in [2.75, 3.05) is 20.3 Å². The molecule has 5 nitrogen and oxygen atoms in total. The molecule has 0 fully saturated rings. The van der Waals surface area contributed by atoms with Crippen LogP contribution in [0.2, 0.25) is 10.0 Å². The Hall–Kier alpha value is -2.34. The predicted octanol–water partition coefficient (Wildman–Crippen LogP) is 4.60. The maximum absolute atomic E-state index is 13.3. The molecule has 1 atom stereocenters. The molecule has 0 saturated carbocycles. The van der Waals surface area contributed by atoms with Crippen LogP contribution in [0.1, 0.15) is 33.3 Å². The molecule has 1 aliphatic heterocycles. The summed E-state index contributed by atoms with van der Waals surface area (Å²) in [5.74, 6) is -0.270. The van der Waals surface area contributed by atoms with Crippen molar-refractivity contribution >= 4 is 40.1 Å². The SMILES string of the molecule is COCCN1C(=O)c2oc3cc(C)c(Cl)cc3c(=O)c2C1c1ccc(Cl)cc1. The van der Waals surface area contributed by atoms with Gasteiger partial charge < -0.3 is 14.1 Å². The summed E-state index contributed by atoms with van der Waals surface area (Å²) in [7, 11) is 1.56. The van der Waals surface area contributed by atoms with E-state index in [0.29, 0.717) is 39.7 Å². The van der Waals surface area contributed by atoms with Gasteiger partial charge in [-0.05, 0) is 42.3 Å². The summed E-state index contributed by atoms with van der Waals surface area (Å²) in [4.78, 5) is 28.0. The first-order valence-corrected chi connectivity index (χ1v) is 9.50. The highest BCUT2D eigenvalue weighted by Crippen LogP contribution is 2.38. The summed E-state index contributed by atoms with van der Waals surface area (Å²) < 4.78 is 11.1. The summed E-state index contributed by atoms with van der Waals surface area (Å²) >= 11 is 12.2. The Labute approximate surface area is 171 Å². The number of nitrogens with zero attached hydrogens (tertiary/aromatic N) is 1. The Morgan fingerprint density at radius 2 is 1.86 bits per heavy atom. The molecular weight excluding hydrogens is 401 g/mol. The van der Waals surface area contributed by atoms with E-state index >= 15 is 0 Å². The Morgan fingerprint density at radius 1 is 1.14 bits per heavy atom. The van der Waals surface area contributed by atoms with E-state index in [2.05, 4.69) is 0 Å². The van der Waals surface area contributed by atoms with Crippen LogP contribution in [0.3, 0.4) is 0 Å². The van der Waals surface area contributed by atoms with Crippen molar-refractivity contribution in [1.29, 1.82) is 0 Å². The molecule has 144 valence electrons. The van der Waals surface area contributed by atoms with Gasteiger partial charge in [0.1, 0.15) is 5.58 Å². The molecule has 1 aliphatic rings. The summed E-state index contributed by atoms with van der Waals surface area (Å²) in [5, 5.41) is 1.41. The average molecular weight is 418 g/mol. The lowest BCUT2D eigenvalue weighted by molar-refractivity contribution is 0.0663. The van der Waals surface area contributed by atoms with Crippen LogP contribution in [-0.4, -0.2) is 31.1 Å². The average Bonchev–Trinajstić information content (AvgIpc) is 2.95. The third kappa shape index (κ3) is 3.00. The summed E-state index contributed by atoms with van der Waals surface area (Å²) in [6.07, 6.45) is 0. The molecule has 0 bridgehead atoms.